The van der Waals surface area contributed by atoms with Gasteiger partial charge in [0.05, 0.1) is 36.8 Å². The third-order valence-electron chi connectivity index (χ3n) is 5.93. The van der Waals surface area contributed by atoms with E-state index in [0.29, 0.717) is 43.9 Å². The molecule has 7 nitrogen and oxygen atoms in total. The smallest absolute Gasteiger partial charge is 0.227 e. The van der Waals surface area contributed by atoms with Crippen molar-refractivity contribution in [1.29, 1.82) is 0 Å². The molecule has 0 radical (unpaired) electrons. The number of para-hydroxylation sites is 1. The fraction of sp³-hybridized carbons (Fsp3) is 0.483. The molecule has 0 saturated carbocycles. The first-order chi connectivity index (χ1) is 17.3. The van der Waals surface area contributed by atoms with Crippen molar-refractivity contribution in [3.63, 3.8) is 0 Å². The van der Waals surface area contributed by atoms with E-state index in [-0.39, 0.29) is 6.04 Å². The van der Waals surface area contributed by atoms with Crippen LogP contribution in [0.5, 0.6) is 17.4 Å². The maximum Gasteiger partial charge on any atom is 0.227 e. The summed E-state index contributed by atoms with van der Waals surface area (Å²) in [4.78, 5) is 2.25. The number of benzene rings is 2. The van der Waals surface area contributed by atoms with Crippen LogP contribution in [0.25, 0.3) is 5.69 Å². The predicted molar refractivity (Wildman–Crippen MR) is 143 cm³/mol. The van der Waals surface area contributed by atoms with Gasteiger partial charge in [0.2, 0.25) is 5.88 Å². The van der Waals surface area contributed by atoms with E-state index in [1.54, 1.807) is 7.11 Å². The van der Waals surface area contributed by atoms with Crippen LogP contribution < -0.4 is 9.47 Å². The monoisotopic (exact) mass is 495 g/mol. The highest BCUT2D eigenvalue weighted by Gasteiger charge is 2.25. The van der Waals surface area contributed by atoms with Crippen LogP contribution in [0, 0.1) is 5.92 Å². The van der Waals surface area contributed by atoms with Crippen molar-refractivity contribution in [2.75, 3.05) is 26.9 Å². The summed E-state index contributed by atoms with van der Waals surface area (Å²) >= 11 is 0. The lowest BCUT2D eigenvalue weighted by molar-refractivity contribution is 0.00160. The zero-order valence-electron chi connectivity index (χ0n) is 22.5. The molecule has 3 rings (SSSR count). The Hall–Kier alpha value is -2.87. The Morgan fingerprint density at radius 2 is 1.61 bits per heavy atom. The molecule has 1 heterocycles. The van der Waals surface area contributed by atoms with Crippen molar-refractivity contribution < 1.29 is 19.3 Å². The van der Waals surface area contributed by atoms with Crippen LogP contribution in [0.3, 0.4) is 0 Å². The minimum atomic E-state index is -0.577. The number of hydrogen-bond acceptors (Lipinski definition) is 6. The van der Waals surface area contributed by atoms with Gasteiger partial charge < -0.3 is 19.3 Å². The summed E-state index contributed by atoms with van der Waals surface area (Å²) in [5.74, 6) is 2.59. The number of methoxy groups -OCH3 is 1. The average molecular weight is 496 g/mol. The largest absolute Gasteiger partial charge is 0.497 e. The first kappa shape index (κ1) is 27.7. The Labute approximate surface area is 215 Å². The molecule has 0 amide bonds. The molecule has 7 heteroatoms. The van der Waals surface area contributed by atoms with E-state index in [4.69, 9.17) is 19.3 Å². The SMILES string of the molecule is CCc1nn(-c2ccccc2)c(Oc2ccc(OC)cc2)c1CN(C[C@@H](O)COCC(C)C)C(C)C. The van der Waals surface area contributed by atoms with Crippen LogP contribution in [-0.2, 0) is 17.7 Å². The van der Waals surface area contributed by atoms with Gasteiger partial charge in [0.1, 0.15) is 11.5 Å². The summed E-state index contributed by atoms with van der Waals surface area (Å²) < 4.78 is 19.3. The van der Waals surface area contributed by atoms with Gasteiger partial charge in [-0.15, -0.1) is 0 Å². The zero-order valence-corrected chi connectivity index (χ0v) is 22.5. The molecular formula is C29H41N3O4. The standard InChI is InChI=1S/C29H41N3O4/c1-7-28-27(18-31(22(4)5)17-24(33)20-35-19-21(2)3)29(32(30-28)23-11-9-8-10-12-23)36-26-15-13-25(34-6)14-16-26/h8-16,21-22,24,33H,7,17-20H2,1-6H3/t24-/m1/s1. The lowest BCUT2D eigenvalue weighted by atomic mass is 10.1. The van der Waals surface area contributed by atoms with E-state index in [2.05, 4.69) is 39.5 Å². The van der Waals surface area contributed by atoms with Gasteiger partial charge in [-0.1, -0.05) is 39.0 Å². The fourth-order valence-corrected chi connectivity index (χ4v) is 3.95. The molecule has 0 aliphatic rings. The number of hydrogen-bond donors (Lipinski definition) is 1. The summed E-state index contributed by atoms with van der Waals surface area (Å²) in [6.07, 6.45) is 0.187. The van der Waals surface area contributed by atoms with Crippen molar-refractivity contribution in [2.24, 2.45) is 5.92 Å². The number of aliphatic hydroxyl groups excluding tert-OH is 1. The number of aryl methyl sites for hydroxylation is 1. The van der Waals surface area contributed by atoms with Gasteiger partial charge in [0, 0.05) is 25.7 Å². The molecule has 0 bridgehead atoms. The van der Waals surface area contributed by atoms with Crippen molar-refractivity contribution in [3.05, 3.63) is 65.9 Å². The molecule has 0 aliphatic heterocycles. The fourth-order valence-electron chi connectivity index (χ4n) is 3.95. The Bertz CT molecular complexity index is 1050. The van der Waals surface area contributed by atoms with Gasteiger partial charge in [-0.25, -0.2) is 4.68 Å². The van der Waals surface area contributed by atoms with E-state index in [1.807, 2.05) is 59.3 Å². The third kappa shape index (κ3) is 7.56. The Kier molecular flexibility index (Phi) is 10.3. The van der Waals surface area contributed by atoms with E-state index < -0.39 is 6.10 Å². The average Bonchev–Trinajstić information content (AvgIpc) is 3.21. The maximum absolute atomic E-state index is 10.7. The van der Waals surface area contributed by atoms with E-state index in [9.17, 15) is 5.11 Å². The molecule has 0 saturated heterocycles. The van der Waals surface area contributed by atoms with E-state index >= 15 is 0 Å². The Balaban J connectivity index is 1.94. The zero-order chi connectivity index (χ0) is 26.1. The highest BCUT2D eigenvalue weighted by Crippen LogP contribution is 2.33. The lowest BCUT2D eigenvalue weighted by Gasteiger charge is -2.29. The number of aromatic nitrogens is 2. The number of ether oxygens (including phenoxy) is 3. The second-order valence-electron chi connectivity index (χ2n) is 9.72. The molecule has 1 atom stereocenters. The van der Waals surface area contributed by atoms with Crippen molar-refractivity contribution in [3.8, 4) is 23.1 Å². The maximum atomic E-state index is 10.7. The first-order valence-electron chi connectivity index (χ1n) is 12.8. The van der Waals surface area contributed by atoms with Gasteiger partial charge in [-0.05, 0) is 62.6 Å². The van der Waals surface area contributed by atoms with Gasteiger partial charge in [-0.3, -0.25) is 4.90 Å². The molecule has 1 aromatic heterocycles. The van der Waals surface area contributed by atoms with Crippen molar-refractivity contribution in [2.45, 2.75) is 59.7 Å². The summed E-state index contributed by atoms with van der Waals surface area (Å²) in [6.45, 7) is 12.6. The summed E-state index contributed by atoms with van der Waals surface area (Å²) in [5, 5.41) is 15.6. The van der Waals surface area contributed by atoms with Gasteiger partial charge in [-0.2, -0.15) is 5.10 Å². The predicted octanol–water partition coefficient (Wildman–Crippen LogP) is 5.48. The second-order valence-corrected chi connectivity index (χ2v) is 9.72. The molecule has 0 aliphatic carbocycles. The van der Waals surface area contributed by atoms with Crippen LogP contribution in [-0.4, -0.2) is 58.8 Å². The van der Waals surface area contributed by atoms with Crippen LogP contribution in [0.1, 0.15) is 45.9 Å². The quantitative estimate of drug-likeness (QED) is 0.319. The Morgan fingerprint density at radius 1 is 0.944 bits per heavy atom. The van der Waals surface area contributed by atoms with Crippen LogP contribution in [0.4, 0.5) is 0 Å². The molecule has 0 fully saturated rings. The molecule has 196 valence electrons. The van der Waals surface area contributed by atoms with Crippen molar-refractivity contribution >= 4 is 0 Å². The minimum Gasteiger partial charge on any atom is -0.497 e. The molecule has 2 aromatic carbocycles. The third-order valence-corrected chi connectivity index (χ3v) is 5.93. The molecule has 0 unspecified atom stereocenters. The molecular weight excluding hydrogens is 454 g/mol. The lowest BCUT2D eigenvalue weighted by Crippen LogP contribution is -2.39. The van der Waals surface area contributed by atoms with Crippen LogP contribution >= 0.6 is 0 Å². The summed E-state index contributed by atoms with van der Waals surface area (Å²) in [5.41, 5.74) is 2.92. The molecule has 0 spiro atoms. The van der Waals surface area contributed by atoms with E-state index in [1.165, 1.54) is 0 Å². The highest BCUT2D eigenvalue weighted by molar-refractivity contribution is 5.44. The Morgan fingerprint density at radius 3 is 2.19 bits per heavy atom. The van der Waals surface area contributed by atoms with Gasteiger partial charge in [0.25, 0.3) is 0 Å². The van der Waals surface area contributed by atoms with E-state index in [0.717, 1.165) is 29.1 Å². The number of rotatable bonds is 14. The first-order valence-corrected chi connectivity index (χ1v) is 12.8. The molecule has 1 N–H and O–H groups in total. The molecule has 36 heavy (non-hydrogen) atoms. The number of nitrogens with zero attached hydrogens (tertiary/aromatic N) is 3. The van der Waals surface area contributed by atoms with Gasteiger partial charge in [0.15, 0.2) is 0 Å². The highest BCUT2D eigenvalue weighted by atomic mass is 16.5. The minimum absolute atomic E-state index is 0.211. The summed E-state index contributed by atoms with van der Waals surface area (Å²) in [6, 6.07) is 17.8. The van der Waals surface area contributed by atoms with Gasteiger partial charge >= 0.3 is 0 Å². The summed E-state index contributed by atoms with van der Waals surface area (Å²) in [7, 11) is 1.65. The normalized spacial score (nSPS) is 12.5. The second kappa shape index (κ2) is 13.4. The molecule has 3 aromatic rings. The van der Waals surface area contributed by atoms with Crippen LogP contribution in [0.2, 0.25) is 0 Å². The number of aliphatic hydroxyl groups is 1. The van der Waals surface area contributed by atoms with Crippen LogP contribution in [0.15, 0.2) is 54.6 Å². The van der Waals surface area contributed by atoms with Crippen molar-refractivity contribution in [1.82, 2.24) is 14.7 Å². The topological polar surface area (TPSA) is 69.0 Å².